The van der Waals surface area contributed by atoms with Crippen LogP contribution in [0.25, 0.3) is 0 Å². The Morgan fingerprint density at radius 2 is 1.37 bits per heavy atom. The number of amides is 5. The summed E-state index contributed by atoms with van der Waals surface area (Å²) in [6, 6.07) is 4.31. The van der Waals surface area contributed by atoms with Gasteiger partial charge in [0.15, 0.2) is 6.29 Å². The predicted molar refractivity (Wildman–Crippen MR) is 247 cm³/mol. The molecule has 1 aliphatic carbocycles. The van der Waals surface area contributed by atoms with Crippen LogP contribution in [0.3, 0.4) is 0 Å². The van der Waals surface area contributed by atoms with Crippen LogP contribution < -0.4 is 31.9 Å². The molecule has 2 aliphatic heterocycles. The average Bonchev–Trinajstić information content (AvgIpc) is 3.32. The van der Waals surface area contributed by atoms with Gasteiger partial charge >= 0.3 is 30.4 Å². The molecule has 2 heterocycles. The van der Waals surface area contributed by atoms with Gasteiger partial charge in [-0.2, -0.15) is 13.2 Å². The van der Waals surface area contributed by atoms with Crippen molar-refractivity contribution in [2.24, 2.45) is 5.92 Å². The average molecular weight is 1070 g/mol. The van der Waals surface area contributed by atoms with E-state index >= 15 is 0 Å². The summed E-state index contributed by atoms with van der Waals surface area (Å²) in [7, 11) is 1.41. The van der Waals surface area contributed by atoms with Crippen molar-refractivity contribution in [1.82, 2.24) is 31.9 Å². The summed E-state index contributed by atoms with van der Waals surface area (Å²) in [5, 5.41) is 82.8. The molecule has 0 aromatic heterocycles. The van der Waals surface area contributed by atoms with Crippen molar-refractivity contribution in [1.29, 1.82) is 0 Å². The molecule has 10 N–H and O–H groups in total. The van der Waals surface area contributed by atoms with Crippen LogP contribution in [-0.4, -0.2) is 165 Å². The summed E-state index contributed by atoms with van der Waals surface area (Å²) in [4.78, 5) is 86.4. The van der Waals surface area contributed by atoms with Gasteiger partial charge in [-0.1, -0.05) is 0 Å². The maximum Gasteiger partial charge on any atom is 0.471 e. The van der Waals surface area contributed by atoms with Gasteiger partial charge in [0.05, 0.1) is 53.8 Å². The van der Waals surface area contributed by atoms with Crippen molar-refractivity contribution in [3.05, 3.63) is 91.7 Å². The van der Waals surface area contributed by atoms with Gasteiger partial charge in [0.2, 0.25) is 0 Å². The SMILES string of the molecule is CN[C@@H]1[C@@H](O)[C@@H](O[C@H]2[C@H](NC(=O)[C@@H](O)CNC(=O)OC(C)(C)C)C[C@H](NC(=O)OCc3ccc([N+](=O)[O-])cc3)C([C@H]3OC(CNC(=O)C(F)(F)F)=CC[C@H]3NC(=O)OCc3ccc([N+](=O)[O-])cc3)[C@@H]2O)OC[C@]1(C)O. The molecule has 2 aromatic rings. The van der Waals surface area contributed by atoms with Gasteiger partial charge in [-0.25, -0.2) is 14.4 Å². The number of benzene rings is 2. The lowest BCUT2D eigenvalue weighted by atomic mass is 9.72. The first-order chi connectivity index (χ1) is 35.1. The Morgan fingerprint density at radius 3 is 1.88 bits per heavy atom. The molecule has 12 atom stereocenters. The van der Waals surface area contributed by atoms with Crippen LogP contribution in [0.2, 0.25) is 0 Å². The topological polar surface area (TPSA) is 380 Å². The third-order valence-electron chi connectivity index (χ3n) is 12.0. The Kier molecular flexibility index (Phi) is 19.7. The zero-order valence-corrected chi connectivity index (χ0v) is 40.9. The van der Waals surface area contributed by atoms with E-state index in [1.165, 1.54) is 44.3 Å². The summed E-state index contributed by atoms with van der Waals surface area (Å²) in [5.41, 5.74) is -2.60. The Bertz CT molecular complexity index is 2390. The molecule has 75 heavy (non-hydrogen) atoms. The third-order valence-corrected chi connectivity index (χ3v) is 12.0. The highest BCUT2D eigenvalue weighted by Crippen LogP contribution is 2.38. The number of nitro benzene ring substituents is 2. The molecular weight excluding hydrogens is 1010 g/mol. The highest BCUT2D eigenvalue weighted by Gasteiger charge is 2.55. The third kappa shape index (κ3) is 16.5. The smallest absolute Gasteiger partial charge is 0.471 e. The zero-order chi connectivity index (χ0) is 55.6. The quantitative estimate of drug-likeness (QED) is 0.0564. The van der Waals surface area contributed by atoms with E-state index in [2.05, 4.69) is 26.6 Å². The van der Waals surface area contributed by atoms with Crippen LogP contribution in [0.15, 0.2) is 60.4 Å². The van der Waals surface area contributed by atoms with Gasteiger partial charge in [-0.15, -0.1) is 0 Å². The lowest BCUT2D eigenvalue weighted by Crippen LogP contribution is -2.70. The second kappa shape index (κ2) is 25.0. The van der Waals surface area contributed by atoms with E-state index < -0.39 is 164 Å². The van der Waals surface area contributed by atoms with E-state index in [4.69, 9.17) is 28.4 Å². The molecule has 414 valence electrons. The van der Waals surface area contributed by atoms with Crippen LogP contribution in [0.1, 0.15) is 51.7 Å². The van der Waals surface area contributed by atoms with Crippen LogP contribution >= 0.6 is 0 Å². The van der Waals surface area contributed by atoms with Gasteiger partial charge in [-0.05, 0) is 89.1 Å². The minimum Gasteiger partial charge on any atom is -0.491 e. The molecule has 3 aliphatic rings. The number of nitro groups is 2. The zero-order valence-electron chi connectivity index (χ0n) is 40.9. The Morgan fingerprint density at radius 1 is 0.827 bits per heavy atom. The number of hydrogen-bond donors (Lipinski definition) is 10. The number of nitrogens with one attached hydrogen (secondary N) is 6. The summed E-state index contributed by atoms with van der Waals surface area (Å²) in [5.74, 6) is -5.50. The normalized spacial score (nSPS) is 27.2. The molecule has 1 unspecified atom stereocenters. The summed E-state index contributed by atoms with van der Waals surface area (Å²) in [6.07, 6.45) is -19.3. The van der Waals surface area contributed by atoms with Crippen molar-refractivity contribution >= 4 is 41.5 Å². The predicted octanol–water partition coefficient (Wildman–Crippen LogP) is 0.937. The first kappa shape index (κ1) is 58.9. The molecule has 1 saturated carbocycles. The van der Waals surface area contributed by atoms with Crippen molar-refractivity contribution in [3.63, 3.8) is 0 Å². The van der Waals surface area contributed by atoms with E-state index in [-0.39, 0.29) is 29.1 Å². The number of rotatable bonds is 18. The van der Waals surface area contributed by atoms with Crippen LogP contribution in [-0.2, 0) is 51.2 Å². The summed E-state index contributed by atoms with van der Waals surface area (Å²) >= 11 is 0. The highest BCUT2D eigenvalue weighted by molar-refractivity contribution is 5.82. The van der Waals surface area contributed by atoms with Crippen molar-refractivity contribution in [2.75, 3.05) is 26.7 Å². The number of nitrogens with zero attached hydrogens (tertiary/aromatic N) is 2. The maximum atomic E-state index is 13.8. The number of halogens is 3. The molecule has 5 amide bonds. The Hall–Kier alpha value is -6.96. The number of ether oxygens (including phenoxy) is 6. The lowest BCUT2D eigenvalue weighted by Gasteiger charge is -2.51. The molecule has 0 radical (unpaired) electrons. The fourth-order valence-electron chi connectivity index (χ4n) is 8.42. The second-order valence-corrected chi connectivity index (χ2v) is 18.9. The second-order valence-electron chi connectivity index (χ2n) is 18.9. The van der Waals surface area contributed by atoms with Crippen LogP contribution in [0.4, 0.5) is 38.9 Å². The molecule has 5 rings (SSSR count). The van der Waals surface area contributed by atoms with Gasteiger partial charge < -0.3 is 80.7 Å². The van der Waals surface area contributed by atoms with Crippen molar-refractivity contribution in [2.45, 2.75) is 132 Å². The van der Waals surface area contributed by atoms with Crippen LogP contribution in [0.5, 0.6) is 0 Å². The van der Waals surface area contributed by atoms with Gasteiger partial charge in [-0.3, -0.25) is 29.8 Å². The highest BCUT2D eigenvalue weighted by atomic mass is 19.4. The van der Waals surface area contributed by atoms with E-state index in [9.17, 15) is 77.8 Å². The molecule has 27 nitrogen and oxygen atoms in total. The summed E-state index contributed by atoms with van der Waals surface area (Å²) < 4.78 is 74.1. The number of alkyl halides is 3. The maximum absolute atomic E-state index is 13.8. The van der Waals surface area contributed by atoms with Gasteiger partial charge in [0.25, 0.3) is 17.3 Å². The molecule has 30 heteroatoms. The van der Waals surface area contributed by atoms with E-state index in [0.717, 1.165) is 24.3 Å². The van der Waals surface area contributed by atoms with Gasteiger partial charge in [0, 0.05) is 36.2 Å². The first-order valence-electron chi connectivity index (χ1n) is 23.1. The van der Waals surface area contributed by atoms with Crippen LogP contribution in [0, 0.1) is 26.1 Å². The standard InChI is InChI=1S/C45H59F3N8O19/c1-43(2,3)75-40(62)51-18-30(57)37(60)52-29-16-28(54-42(64)71-20-23-8-12-25(13-9-23)56(68)69)31(32(58)35(29)74-38-33(59)36(49-5)44(4,65)21-72-38)34-27(15-14-26(73-34)17-50-39(61)45(46,47)48)53-41(63)70-19-22-6-10-24(11-7-22)55(66)67/h6-14,27-36,38,49,57-59,65H,15-21H2,1-5H3,(H,50,61)(H,51,62)(H,52,60)(H,53,63)(H,54,64)/t27-,28+,29-,30+,31?,32+,33-,34+,35+,36-,38-,44+/m1/s1. The summed E-state index contributed by atoms with van der Waals surface area (Å²) in [6.45, 7) is 3.03. The van der Waals surface area contributed by atoms with Crippen molar-refractivity contribution in [3.8, 4) is 0 Å². The van der Waals surface area contributed by atoms with Crippen molar-refractivity contribution < 1.29 is 95.8 Å². The van der Waals surface area contributed by atoms with Gasteiger partial charge in [0.1, 0.15) is 54.6 Å². The minimum absolute atomic E-state index is 0.252. The lowest BCUT2D eigenvalue weighted by molar-refractivity contribution is -0.385. The minimum atomic E-state index is -5.33. The Balaban J connectivity index is 1.54. The molecule has 2 aromatic carbocycles. The number of hydrogen-bond acceptors (Lipinski definition) is 20. The fraction of sp³-hybridized carbons (Fsp3) is 0.578. The molecule has 1 saturated heterocycles. The van der Waals surface area contributed by atoms with E-state index in [1.54, 1.807) is 26.1 Å². The number of aliphatic hydroxyl groups is 4. The van der Waals surface area contributed by atoms with E-state index in [0.29, 0.717) is 5.56 Å². The first-order valence-corrected chi connectivity index (χ1v) is 23.1. The largest absolute Gasteiger partial charge is 0.491 e. The molecule has 2 fully saturated rings. The Labute approximate surface area is 425 Å². The number of carbonyl (C=O) groups is 5. The van der Waals surface area contributed by atoms with E-state index in [1.807, 2.05) is 0 Å². The monoisotopic (exact) mass is 1070 g/mol. The number of likely N-dealkylation sites (N-methyl/N-ethyl adjacent to an activating group) is 1. The fourth-order valence-corrected chi connectivity index (χ4v) is 8.42. The molecule has 0 bridgehead atoms. The number of carbonyl (C=O) groups excluding carboxylic acids is 5. The molecule has 0 spiro atoms. The molecular formula is C45H59F3N8O19. The number of aliphatic hydroxyl groups excluding tert-OH is 3. The number of non-ortho nitro benzene ring substituents is 2. The number of alkyl carbamates (subject to hydrolysis) is 3.